The molecule has 0 N–H and O–H groups in total. The molecule has 0 spiro atoms. The average molecular weight is 275 g/mol. The molecule has 0 fully saturated rings. The molecule has 0 saturated carbocycles. The highest BCUT2D eigenvalue weighted by Gasteiger charge is 2.22. The molecule has 90 valence electrons. The van der Waals surface area contributed by atoms with Crippen molar-refractivity contribution >= 4 is 28.8 Å². The summed E-state index contributed by atoms with van der Waals surface area (Å²) in [6.07, 6.45) is 0.912. The molecule has 0 amide bonds. The quantitative estimate of drug-likeness (QED) is 0.656. The predicted molar refractivity (Wildman–Crippen MR) is 78.3 cm³/mol. The van der Waals surface area contributed by atoms with Gasteiger partial charge in [-0.25, -0.2) is 0 Å². The third kappa shape index (κ3) is 1.86. The van der Waals surface area contributed by atoms with Gasteiger partial charge in [0, 0.05) is 10.0 Å². The monoisotopic (exact) mass is 274 g/mol. The highest BCUT2D eigenvalue weighted by Crippen LogP contribution is 2.41. The second kappa shape index (κ2) is 4.46. The maximum atomic E-state index is 6.28. The maximum absolute atomic E-state index is 6.28. The molecule has 2 aromatic rings. The number of halogens is 2. The van der Waals surface area contributed by atoms with Gasteiger partial charge in [0.2, 0.25) is 0 Å². The molecular weight excluding hydrogens is 263 g/mol. The van der Waals surface area contributed by atoms with Gasteiger partial charge < -0.3 is 0 Å². The zero-order chi connectivity index (χ0) is 12.7. The van der Waals surface area contributed by atoms with Crippen molar-refractivity contribution < 1.29 is 0 Å². The Hall–Kier alpha value is -1.24. The third-order valence-corrected chi connectivity index (χ3v) is 3.92. The first-order chi connectivity index (χ1) is 8.66. The van der Waals surface area contributed by atoms with Gasteiger partial charge in [-0.1, -0.05) is 59.1 Å². The summed E-state index contributed by atoms with van der Waals surface area (Å²) in [4.78, 5) is 0. The zero-order valence-electron chi connectivity index (χ0n) is 10.0. The van der Waals surface area contributed by atoms with Crippen LogP contribution < -0.4 is 0 Å². The maximum Gasteiger partial charge on any atom is 0.0462 e. The molecule has 0 saturated heterocycles. The molecule has 0 aromatic heterocycles. The summed E-state index contributed by atoms with van der Waals surface area (Å²) in [7, 11) is 0. The lowest BCUT2D eigenvalue weighted by Crippen LogP contribution is -1.88. The van der Waals surface area contributed by atoms with Crippen LogP contribution in [0, 0.1) is 0 Å². The topological polar surface area (TPSA) is 0 Å². The molecule has 2 aromatic carbocycles. The van der Waals surface area contributed by atoms with E-state index in [1.807, 2.05) is 18.2 Å². The molecule has 0 nitrogen and oxygen atoms in total. The molecule has 0 radical (unpaired) electrons. The molecule has 3 rings (SSSR count). The van der Waals surface area contributed by atoms with Crippen molar-refractivity contribution in [1.29, 1.82) is 0 Å². The van der Waals surface area contributed by atoms with Crippen LogP contribution in [-0.4, -0.2) is 0 Å². The first-order valence-corrected chi connectivity index (χ1v) is 6.66. The van der Waals surface area contributed by atoms with Crippen LogP contribution in [0.4, 0.5) is 0 Å². The van der Waals surface area contributed by atoms with E-state index in [0.29, 0.717) is 5.02 Å². The van der Waals surface area contributed by atoms with Crippen LogP contribution >= 0.6 is 23.2 Å². The molecule has 0 heterocycles. The predicted octanol–water partition coefficient (Wildman–Crippen LogP) is 5.37. The van der Waals surface area contributed by atoms with Crippen molar-refractivity contribution in [2.45, 2.75) is 13.3 Å². The first-order valence-electron chi connectivity index (χ1n) is 5.90. The van der Waals surface area contributed by atoms with E-state index in [-0.39, 0.29) is 0 Å². The molecule has 0 unspecified atom stereocenters. The van der Waals surface area contributed by atoms with E-state index in [9.17, 15) is 0 Å². The summed E-state index contributed by atoms with van der Waals surface area (Å²) in [5.74, 6) is 0. The van der Waals surface area contributed by atoms with Gasteiger partial charge in [0.25, 0.3) is 0 Å². The van der Waals surface area contributed by atoms with Crippen molar-refractivity contribution in [3.8, 4) is 0 Å². The second-order valence-corrected chi connectivity index (χ2v) is 5.46. The van der Waals surface area contributed by atoms with E-state index >= 15 is 0 Å². The minimum atomic E-state index is 0.696. The highest BCUT2D eigenvalue weighted by atomic mass is 35.5. The van der Waals surface area contributed by atoms with Gasteiger partial charge in [-0.2, -0.15) is 0 Å². The summed E-state index contributed by atoms with van der Waals surface area (Å²) in [5, 5.41) is 1.46. The Kier molecular flexibility index (Phi) is 2.93. The van der Waals surface area contributed by atoms with Crippen LogP contribution in [0.5, 0.6) is 0 Å². The van der Waals surface area contributed by atoms with Crippen LogP contribution in [0.15, 0.2) is 48.0 Å². The largest absolute Gasteiger partial charge is 0.0843 e. The Morgan fingerprint density at radius 1 is 1.00 bits per heavy atom. The molecule has 1 aliphatic carbocycles. The lowest BCUT2D eigenvalue weighted by Gasteiger charge is -2.08. The van der Waals surface area contributed by atoms with Crippen molar-refractivity contribution in [3.05, 3.63) is 74.8 Å². The van der Waals surface area contributed by atoms with Gasteiger partial charge in [0.1, 0.15) is 0 Å². The lowest BCUT2D eigenvalue weighted by molar-refractivity contribution is 1.19. The van der Waals surface area contributed by atoms with Crippen LogP contribution in [0.3, 0.4) is 0 Å². The zero-order valence-corrected chi connectivity index (χ0v) is 11.5. The van der Waals surface area contributed by atoms with E-state index in [1.54, 1.807) is 0 Å². The van der Waals surface area contributed by atoms with E-state index in [1.165, 1.54) is 27.8 Å². The van der Waals surface area contributed by atoms with Gasteiger partial charge in [0.05, 0.1) is 0 Å². The van der Waals surface area contributed by atoms with Gasteiger partial charge in [-0.05, 0) is 47.7 Å². The van der Waals surface area contributed by atoms with E-state index in [0.717, 1.165) is 11.4 Å². The third-order valence-electron chi connectivity index (χ3n) is 3.36. The van der Waals surface area contributed by atoms with Crippen molar-refractivity contribution in [2.75, 3.05) is 0 Å². The fourth-order valence-corrected chi connectivity index (χ4v) is 3.16. The standard InChI is InChI=1S/C16H12Cl2/c1-10-7-13-14(8-12(17)9-15(13)18)16(10)11-5-3-2-4-6-11/h2-6,8-9H,7H2,1H3. The molecule has 0 atom stereocenters. The number of hydrogen-bond acceptors (Lipinski definition) is 0. The lowest BCUT2D eigenvalue weighted by atomic mass is 9.98. The molecule has 0 bridgehead atoms. The molecule has 1 aliphatic rings. The van der Waals surface area contributed by atoms with E-state index in [2.05, 4.69) is 31.2 Å². The number of allylic oxidation sites excluding steroid dienone is 1. The first kappa shape index (κ1) is 11.8. The number of fused-ring (bicyclic) bond motifs is 1. The normalized spacial score (nSPS) is 13.9. The number of benzene rings is 2. The summed E-state index contributed by atoms with van der Waals surface area (Å²) < 4.78 is 0. The van der Waals surface area contributed by atoms with Crippen LogP contribution in [0.2, 0.25) is 10.0 Å². The summed E-state index contributed by atoms with van der Waals surface area (Å²) >= 11 is 12.4. The molecule has 18 heavy (non-hydrogen) atoms. The second-order valence-electron chi connectivity index (χ2n) is 4.61. The van der Waals surface area contributed by atoms with Crippen LogP contribution in [0.25, 0.3) is 5.57 Å². The Bertz CT molecular complexity index is 640. The fraction of sp³-hybridized carbons (Fsp3) is 0.125. The van der Waals surface area contributed by atoms with Crippen molar-refractivity contribution in [2.24, 2.45) is 0 Å². The van der Waals surface area contributed by atoms with E-state index in [4.69, 9.17) is 23.2 Å². The highest BCUT2D eigenvalue weighted by molar-refractivity contribution is 6.35. The van der Waals surface area contributed by atoms with E-state index < -0.39 is 0 Å². The van der Waals surface area contributed by atoms with Gasteiger partial charge in [-0.3, -0.25) is 0 Å². The minimum absolute atomic E-state index is 0.696. The summed E-state index contributed by atoms with van der Waals surface area (Å²) in [6, 6.07) is 14.2. The Morgan fingerprint density at radius 3 is 2.44 bits per heavy atom. The minimum Gasteiger partial charge on any atom is -0.0843 e. The van der Waals surface area contributed by atoms with Gasteiger partial charge >= 0.3 is 0 Å². The SMILES string of the molecule is CC1=C(c2ccccc2)c2cc(Cl)cc(Cl)c2C1. The van der Waals surface area contributed by atoms with Gasteiger partial charge in [-0.15, -0.1) is 0 Å². The van der Waals surface area contributed by atoms with Crippen LogP contribution in [-0.2, 0) is 6.42 Å². The van der Waals surface area contributed by atoms with Crippen LogP contribution in [0.1, 0.15) is 23.6 Å². The smallest absolute Gasteiger partial charge is 0.0462 e. The number of rotatable bonds is 1. The van der Waals surface area contributed by atoms with Crippen molar-refractivity contribution in [3.63, 3.8) is 0 Å². The summed E-state index contributed by atoms with van der Waals surface area (Å²) in [6.45, 7) is 2.16. The van der Waals surface area contributed by atoms with Crippen molar-refractivity contribution in [1.82, 2.24) is 0 Å². The molecule has 0 aliphatic heterocycles. The molecular formula is C16H12Cl2. The Balaban J connectivity index is 2.23. The Morgan fingerprint density at radius 2 is 1.72 bits per heavy atom. The Labute approximate surface area is 117 Å². The fourth-order valence-electron chi connectivity index (χ4n) is 2.60. The number of hydrogen-bond donors (Lipinski definition) is 0. The van der Waals surface area contributed by atoms with Gasteiger partial charge in [0.15, 0.2) is 0 Å². The molecule has 2 heteroatoms. The summed E-state index contributed by atoms with van der Waals surface area (Å²) in [5.41, 5.74) is 6.22. The average Bonchev–Trinajstić information content (AvgIpc) is 2.67.